The highest BCUT2D eigenvalue weighted by molar-refractivity contribution is 6.30. The molecule has 222 valence electrons. The summed E-state index contributed by atoms with van der Waals surface area (Å²) >= 11 is 6.43. The van der Waals surface area contributed by atoms with Crippen molar-refractivity contribution in [3.05, 3.63) is 101 Å². The third-order valence-electron chi connectivity index (χ3n) is 6.84. The minimum Gasteiger partial charge on any atom is -0.497 e. The van der Waals surface area contributed by atoms with Crippen molar-refractivity contribution < 1.29 is 19.0 Å². The fraction of sp³-hybridized carbons (Fsp3) is 0.226. The number of amides is 1. The fourth-order valence-corrected chi connectivity index (χ4v) is 4.85. The van der Waals surface area contributed by atoms with Gasteiger partial charge >= 0.3 is 6.03 Å². The molecule has 5 rings (SSSR count). The molecule has 0 saturated heterocycles. The van der Waals surface area contributed by atoms with E-state index < -0.39 is 12.1 Å². The number of carbonyl (C=O) groups excluding carboxylic acids is 1. The Balaban J connectivity index is 1.34. The largest absolute Gasteiger partial charge is 0.497 e. The van der Waals surface area contributed by atoms with Crippen LogP contribution in [0.15, 0.2) is 79.3 Å². The number of nitrogens with two attached hydrogens (primary N) is 1. The van der Waals surface area contributed by atoms with E-state index in [2.05, 4.69) is 20.3 Å². The number of methoxy groups -OCH3 is 2. The van der Waals surface area contributed by atoms with Gasteiger partial charge in [-0.3, -0.25) is 4.98 Å². The Morgan fingerprint density at radius 2 is 1.93 bits per heavy atom. The lowest BCUT2D eigenvalue weighted by Gasteiger charge is -2.21. The van der Waals surface area contributed by atoms with Gasteiger partial charge in [0.2, 0.25) is 0 Å². The van der Waals surface area contributed by atoms with Crippen molar-refractivity contribution in [3.8, 4) is 11.5 Å². The lowest BCUT2D eigenvalue weighted by atomic mass is 10.1. The predicted octanol–water partition coefficient (Wildman–Crippen LogP) is 5.23. The molecule has 0 fully saturated rings. The van der Waals surface area contributed by atoms with Gasteiger partial charge in [0.15, 0.2) is 5.65 Å². The Hall–Kier alpha value is -4.87. The number of hydrogen-bond donors (Lipinski definition) is 2. The molecule has 0 saturated carbocycles. The normalized spacial score (nSPS) is 11.7. The van der Waals surface area contributed by atoms with E-state index in [4.69, 9.17) is 31.5 Å². The molecule has 1 atom stereocenters. The number of nitrogens with one attached hydrogen (secondary N) is 1. The van der Waals surface area contributed by atoms with Crippen LogP contribution in [0.3, 0.4) is 0 Å². The molecular formula is C31H32ClN7O4. The number of carbonyl (C=O) groups is 1. The zero-order chi connectivity index (χ0) is 30.3. The number of rotatable bonds is 11. The topological polar surface area (TPSA) is 130 Å². The number of halogens is 1. The van der Waals surface area contributed by atoms with Crippen molar-refractivity contribution >= 4 is 40.2 Å². The third-order valence-corrected chi connectivity index (χ3v) is 7.04. The molecule has 3 aromatic heterocycles. The highest BCUT2D eigenvalue weighted by Crippen LogP contribution is 2.31. The molecule has 0 bridgehead atoms. The first-order chi connectivity index (χ1) is 20.9. The summed E-state index contributed by atoms with van der Waals surface area (Å²) in [5, 5.41) is 3.15. The molecule has 2 aromatic carbocycles. The number of anilines is 2. The van der Waals surface area contributed by atoms with E-state index in [1.807, 2.05) is 72.6 Å². The van der Waals surface area contributed by atoms with Crippen molar-refractivity contribution in [2.75, 3.05) is 38.4 Å². The molecule has 0 aliphatic carbocycles. The molecule has 0 radical (unpaired) electrons. The molecule has 1 unspecified atom stereocenters. The van der Waals surface area contributed by atoms with Crippen LogP contribution in [-0.4, -0.2) is 53.4 Å². The Morgan fingerprint density at radius 3 is 2.67 bits per heavy atom. The average Bonchev–Trinajstić information content (AvgIpc) is 3.45. The Bertz CT molecular complexity index is 1710. The lowest BCUT2D eigenvalue weighted by Crippen LogP contribution is -2.33. The number of hydrogen-bond acceptors (Lipinski definition) is 9. The van der Waals surface area contributed by atoms with Crippen LogP contribution in [0.5, 0.6) is 11.5 Å². The van der Waals surface area contributed by atoms with Crippen LogP contribution in [0.1, 0.15) is 22.9 Å². The smallest absolute Gasteiger partial charge is 0.328 e. The molecule has 0 spiro atoms. The maximum Gasteiger partial charge on any atom is 0.328 e. The minimum atomic E-state index is -0.515. The summed E-state index contributed by atoms with van der Waals surface area (Å²) in [7, 11) is 5.12. The van der Waals surface area contributed by atoms with E-state index in [0.29, 0.717) is 52.9 Å². The van der Waals surface area contributed by atoms with Gasteiger partial charge < -0.3 is 30.2 Å². The van der Waals surface area contributed by atoms with Crippen molar-refractivity contribution in [2.45, 2.75) is 19.3 Å². The number of fused-ring (bicyclic) bond motifs is 1. The maximum atomic E-state index is 13.4. The Labute approximate surface area is 254 Å². The zero-order valence-corrected chi connectivity index (χ0v) is 24.8. The molecule has 43 heavy (non-hydrogen) atoms. The maximum absolute atomic E-state index is 13.4. The van der Waals surface area contributed by atoms with Crippen LogP contribution in [0.25, 0.3) is 11.2 Å². The van der Waals surface area contributed by atoms with Gasteiger partial charge in [0.25, 0.3) is 0 Å². The molecular weight excluding hydrogens is 570 g/mol. The van der Waals surface area contributed by atoms with E-state index in [-0.39, 0.29) is 11.7 Å². The van der Waals surface area contributed by atoms with Crippen LogP contribution in [0, 0.1) is 0 Å². The monoisotopic (exact) mass is 601 g/mol. The summed E-state index contributed by atoms with van der Waals surface area (Å²) in [6, 6.07) is 19.9. The van der Waals surface area contributed by atoms with E-state index in [1.54, 1.807) is 26.5 Å². The Morgan fingerprint density at radius 1 is 1.07 bits per heavy atom. The SMILES string of the molecule is COc1ccc(CN(C)c2cc(Cl)nc3c2ncn3C(=O)NCC(OCc2cccc(N)c2)c2ccccn2)c(OC)c1. The van der Waals surface area contributed by atoms with Gasteiger partial charge in [-0.15, -0.1) is 0 Å². The fourth-order valence-electron chi connectivity index (χ4n) is 4.67. The second kappa shape index (κ2) is 13.4. The van der Waals surface area contributed by atoms with Gasteiger partial charge in [-0.05, 0) is 42.0 Å². The molecule has 3 N–H and O–H groups in total. The van der Waals surface area contributed by atoms with Crippen molar-refractivity contribution in [1.29, 1.82) is 0 Å². The molecule has 3 heterocycles. The van der Waals surface area contributed by atoms with Gasteiger partial charge in [-0.25, -0.2) is 19.3 Å². The summed E-state index contributed by atoms with van der Waals surface area (Å²) in [6.07, 6.45) is 2.60. The zero-order valence-electron chi connectivity index (χ0n) is 24.0. The van der Waals surface area contributed by atoms with Crippen molar-refractivity contribution in [2.24, 2.45) is 0 Å². The van der Waals surface area contributed by atoms with Gasteiger partial charge in [0.1, 0.15) is 34.6 Å². The van der Waals surface area contributed by atoms with Crippen LogP contribution in [-0.2, 0) is 17.9 Å². The van der Waals surface area contributed by atoms with Crippen LogP contribution in [0.4, 0.5) is 16.2 Å². The highest BCUT2D eigenvalue weighted by atomic mass is 35.5. The molecule has 11 nitrogen and oxygen atoms in total. The van der Waals surface area contributed by atoms with Gasteiger partial charge in [0.05, 0.1) is 38.8 Å². The quantitative estimate of drug-likeness (QED) is 0.154. The first-order valence-electron chi connectivity index (χ1n) is 13.5. The third kappa shape index (κ3) is 6.96. The number of ether oxygens (including phenoxy) is 3. The van der Waals surface area contributed by atoms with Crippen LogP contribution >= 0.6 is 11.6 Å². The summed E-state index contributed by atoms with van der Waals surface area (Å²) in [5.74, 6) is 1.38. The number of imidazole rings is 1. The van der Waals surface area contributed by atoms with Gasteiger partial charge in [0, 0.05) is 43.2 Å². The second-order valence-corrected chi connectivity index (χ2v) is 10.2. The van der Waals surface area contributed by atoms with E-state index >= 15 is 0 Å². The molecule has 0 aliphatic rings. The van der Waals surface area contributed by atoms with Crippen molar-refractivity contribution in [1.82, 2.24) is 24.8 Å². The number of nitrogens with zero attached hydrogens (tertiary/aromatic N) is 5. The number of pyridine rings is 2. The minimum absolute atomic E-state index is 0.155. The van der Waals surface area contributed by atoms with Crippen LogP contribution in [0.2, 0.25) is 5.15 Å². The molecule has 5 aromatic rings. The van der Waals surface area contributed by atoms with E-state index in [9.17, 15) is 4.79 Å². The standard InChI is InChI=1S/C31H32ClN7O4/c1-38(17-21-10-11-23(41-2)14-26(21)42-3)25-15-28(32)37-30-29(25)36-19-39(30)31(40)35-16-27(24-9-4-5-12-34-24)43-18-20-7-6-8-22(33)13-20/h4-15,19,27H,16-18,33H2,1-3H3,(H,35,40). The average molecular weight is 602 g/mol. The van der Waals surface area contributed by atoms with Crippen LogP contribution < -0.4 is 25.4 Å². The summed E-state index contributed by atoms with van der Waals surface area (Å²) < 4.78 is 18.4. The number of benzene rings is 2. The molecule has 1 amide bonds. The van der Waals surface area contributed by atoms with Gasteiger partial charge in [-0.2, -0.15) is 0 Å². The summed E-state index contributed by atoms with van der Waals surface area (Å²) in [4.78, 5) is 28.7. The van der Waals surface area contributed by atoms with E-state index in [0.717, 1.165) is 11.1 Å². The summed E-state index contributed by atoms with van der Waals surface area (Å²) in [6.45, 7) is 0.933. The lowest BCUT2D eigenvalue weighted by molar-refractivity contribution is 0.0387. The van der Waals surface area contributed by atoms with E-state index in [1.165, 1.54) is 10.9 Å². The Kier molecular flexibility index (Phi) is 9.23. The predicted molar refractivity (Wildman–Crippen MR) is 166 cm³/mol. The number of nitrogen functional groups attached to an aromatic ring is 1. The van der Waals surface area contributed by atoms with Crippen molar-refractivity contribution in [3.63, 3.8) is 0 Å². The first kappa shape index (κ1) is 29.6. The first-order valence-corrected chi connectivity index (χ1v) is 13.8. The summed E-state index contributed by atoms with van der Waals surface area (Å²) in [5.41, 5.74) is 10.6. The van der Waals surface area contributed by atoms with Gasteiger partial charge in [-0.1, -0.05) is 29.8 Å². The molecule has 0 aliphatic heterocycles. The molecule has 12 heteroatoms. The highest BCUT2D eigenvalue weighted by Gasteiger charge is 2.21. The second-order valence-electron chi connectivity index (χ2n) is 9.77. The number of aromatic nitrogens is 4.